The average molecular weight is 524 g/mol. The first kappa shape index (κ1) is 24.4. The zero-order chi connectivity index (χ0) is 26.4. The van der Waals surface area contributed by atoms with Crippen LogP contribution in [-0.4, -0.2) is 55.4 Å². The summed E-state index contributed by atoms with van der Waals surface area (Å²) in [6.45, 7) is 3.06. The Hall–Kier alpha value is -3.89. The fraction of sp³-hybridized carbons (Fsp3) is 0.407. The molecule has 0 radical (unpaired) electrons. The van der Waals surface area contributed by atoms with E-state index >= 15 is 4.39 Å². The number of anilines is 1. The smallest absolute Gasteiger partial charge is 0.251 e. The van der Waals surface area contributed by atoms with Crippen molar-refractivity contribution in [2.24, 2.45) is 0 Å². The fourth-order valence-corrected chi connectivity index (χ4v) is 5.30. The molecule has 8 nitrogen and oxygen atoms in total. The number of fused-ring (bicyclic) bond motifs is 1. The molecule has 0 aliphatic carbocycles. The van der Waals surface area contributed by atoms with Crippen LogP contribution < -0.4 is 9.64 Å². The second kappa shape index (κ2) is 9.45. The molecule has 1 atom stereocenters. The first-order valence-corrected chi connectivity index (χ1v) is 12.7. The Morgan fingerprint density at radius 2 is 1.87 bits per heavy atom. The van der Waals surface area contributed by atoms with Gasteiger partial charge in [-0.2, -0.15) is 0 Å². The molecular weight excluding hydrogens is 495 g/mol. The summed E-state index contributed by atoms with van der Waals surface area (Å²) in [6.07, 6.45) is 4.72. The van der Waals surface area contributed by atoms with Crippen LogP contribution >= 0.6 is 0 Å². The number of pyridine rings is 1. The van der Waals surface area contributed by atoms with Crippen molar-refractivity contribution in [1.29, 1.82) is 0 Å². The van der Waals surface area contributed by atoms with Crippen LogP contribution in [0.1, 0.15) is 48.7 Å². The Morgan fingerprint density at radius 3 is 2.61 bits per heavy atom. The summed E-state index contributed by atoms with van der Waals surface area (Å²) in [6, 6.07) is 8.59. The average Bonchev–Trinajstić information content (AvgIpc) is 3.55. The van der Waals surface area contributed by atoms with Gasteiger partial charge in [0.1, 0.15) is 23.0 Å². The molecule has 6 rings (SSSR count). The van der Waals surface area contributed by atoms with E-state index in [1.54, 1.807) is 25.6 Å². The van der Waals surface area contributed by atoms with Gasteiger partial charge in [0, 0.05) is 55.8 Å². The monoisotopic (exact) mass is 523 g/mol. The molecule has 2 aliphatic rings. The van der Waals surface area contributed by atoms with E-state index < -0.39 is 5.92 Å². The lowest BCUT2D eigenvalue weighted by atomic mass is 9.90. The molecule has 4 aromatic rings. The maximum Gasteiger partial charge on any atom is 0.251 e. The van der Waals surface area contributed by atoms with Gasteiger partial charge in [0.15, 0.2) is 5.82 Å². The molecule has 1 fully saturated rings. The molecular formula is C27H28F3N7O. The summed E-state index contributed by atoms with van der Waals surface area (Å²) < 4.78 is 51.7. The van der Waals surface area contributed by atoms with Crippen LogP contribution in [0.3, 0.4) is 0 Å². The largest absolute Gasteiger partial charge is 0.479 e. The maximum absolute atomic E-state index is 15.1. The third-order valence-electron chi connectivity index (χ3n) is 7.34. The zero-order valence-electron chi connectivity index (χ0n) is 21.2. The number of rotatable bonds is 5. The molecule has 0 unspecified atom stereocenters. The molecule has 0 amide bonds. The SMILES string of the molecule is COc1nc(-c2nc3n(n2)CCC[C@@H]3c2cc(N3CCC(F)(F)CC3)ccc2F)ccc1-n1cnc(C)c1. The number of ether oxygens (including phenoxy) is 1. The summed E-state index contributed by atoms with van der Waals surface area (Å²) in [4.78, 5) is 15.6. The van der Waals surface area contributed by atoms with E-state index in [1.165, 1.54) is 6.07 Å². The molecule has 3 aromatic heterocycles. The van der Waals surface area contributed by atoms with Crippen molar-refractivity contribution in [2.45, 2.75) is 51.0 Å². The number of methoxy groups -OCH3 is 1. The van der Waals surface area contributed by atoms with Gasteiger partial charge in [-0.05, 0) is 50.1 Å². The third kappa shape index (κ3) is 4.50. The highest BCUT2D eigenvalue weighted by Crippen LogP contribution is 2.38. The van der Waals surface area contributed by atoms with Crippen LogP contribution in [0.25, 0.3) is 17.2 Å². The molecule has 2 aliphatic heterocycles. The molecule has 0 bridgehead atoms. The first-order chi connectivity index (χ1) is 18.3. The minimum Gasteiger partial charge on any atom is -0.479 e. The lowest BCUT2D eigenvalue weighted by Crippen LogP contribution is -2.39. The van der Waals surface area contributed by atoms with E-state index in [4.69, 9.17) is 9.72 Å². The van der Waals surface area contributed by atoms with Gasteiger partial charge in [-0.3, -0.25) is 0 Å². The molecule has 198 valence electrons. The summed E-state index contributed by atoms with van der Waals surface area (Å²) >= 11 is 0. The van der Waals surface area contributed by atoms with Crippen LogP contribution in [0.4, 0.5) is 18.9 Å². The standard InChI is InChI=1S/C27H28F3N7O/c1-17-15-36(16-31-17)23-8-7-22(32-26(23)38-2)24-33-25-19(4-3-11-37(25)34-24)20-14-18(5-6-21(20)28)35-12-9-27(29,30)10-13-35/h5-8,14-16,19H,3-4,9-13H2,1-2H3/t19-/m1/s1. The van der Waals surface area contributed by atoms with Crippen molar-refractivity contribution in [3.05, 3.63) is 65.8 Å². The van der Waals surface area contributed by atoms with Crippen molar-refractivity contribution >= 4 is 5.69 Å². The molecule has 0 saturated carbocycles. The van der Waals surface area contributed by atoms with Crippen molar-refractivity contribution in [3.63, 3.8) is 0 Å². The van der Waals surface area contributed by atoms with Gasteiger partial charge in [0.05, 0.1) is 19.1 Å². The number of piperidine rings is 1. The quantitative estimate of drug-likeness (QED) is 0.361. The van der Waals surface area contributed by atoms with Gasteiger partial charge in [-0.15, -0.1) is 5.10 Å². The Kier molecular flexibility index (Phi) is 6.08. The third-order valence-corrected chi connectivity index (χ3v) is 7.34. The van der Waals surface area contributed by atoms with Crippen LogP contribution in [-0.2, 0) is 6.54 Å². The molecule has 0 N–H and O–H groups in total. The Balaban J connectivity index is 1.32. The van der Waals surface area contributed by atoms with Crippen LogP contribution in [0, 0.1) is 12.7 Å². The van der Waals surface area contributed by atoms with Gasteiger partial charge in [-0.1, -0.05) is 0 Å². The summed E-state index contributed by atoms with van der Waals surface area (Å²) in [5.41, 5.74) is 3.43. The highest BCUT2D eigenvalue weighted by molar-refractivity contribution is 5.56. The van der Waals surface area contributed by atoms with Crippen molar-refractivity contribution in [3.8, 4) is 23.1 Å². The van der Waals surface area contributed by atoms with Crippen LogP contribution in [0.15, 0.2) is 42.9 Å². The van der Waals surface area contributed by atoms with Gasteiger partial charge in [0.25, 0.3) is 5.92 Å². The number of benzene rings is 1. The van der Waals surface area contributed by atoms with Crippen LogP contribution in [0.5, 0.6) is 5.88 Å². The topological polar surface area (TPSA) is 73.9 Å². The van der Waals surface area contributed by atoms with Gasteiger partial charge in [0.2, 0.25) is 5.88 Å². The van der Waals surface area contributed by atoms with E-state index in [1.807, 2.05) is 39.4 Å². The van der Waals surface area contributed by atoms with E-state index in [0.717, 1.165) is 23.5 Å². The Bertz CT molecular complexity index is 1470. The number of aryl methyl sites for hydroxylation is 2. The summed E-state index contributed by atoms with van der Waals surface area (Å²) in [5.74, 6) is -1.75. The number of hydrogen-bond acceptors (Lipinski definition) is 6. The normalized spacial score (nSPS) is 18.9. The minimum atomic E-state index is -2.64. The maximum atomic E-state index is 15.1. The highest BCUT2D eigenvalue weighted by Gasteiger charge is 2.35. The zero-order valence-corrected chi connectivity index (χ0v) is 21.2. The predicted molar refractivity (Wildman–Crippen MR) is 136 cm³/mol. The number of halogens is 3. The first-order valence-electron chi connectivity index (χ1n) is 12.7. The number of nitrogens with zero attached hydrogens (tertiary/aromatic N) is 7. The highest BCUT2D eigenvalue weighted by atomic mass is 19.3. The molecule has 0 spiro atoms. The van der Waals surface area contributed by atoms with Gasteiger partial charge >= 0.3 is 0 Å². The number of imidazole rings is 1. The number of aromatic nitrogens is 6. The molecule has 11 heteroatoms. The molecule has 1 aromatic carbocycles. The number of hydrogen-bond donors (Lipinski definition) is 0. The Morgan fingerprint density at radius 1 is 1.05 bits per heavy atom. The minimum absolute atomic E-state index is 0.198. The van der Waals surface area contributed by atoms with E-state index in [-0.39, 0.29) is 37.7 Å². The van der Waals surface area contributed by atoms with E-state index in [9.17, 15) is 8.78 Å². The van der Waals surface area contributed by atoms with Crippen LogP contribution in [0.2, 0.25) is 0 Å². The second-order valence-electron chi connectivity index (χ2n) is 9.91. The van der Waals surface area contributed by atoms with E-state index in [2.05, 4.69) is 15.1 Å². The van der Waals surface area contributed by atoms with Gasteiger partial charge in [-0.25, -0.2) is 32.8 Å². The Labute approximate surface area is 218 Å². The molecule has 38 heavy (non-hydrogen) atoms. The van der Waals surface area contributed by atoms with Crippen molar-refractivity contribution < 1.29 is 17.9 Å². The van der Waals surface area contributed by atoms with Crippen molar-refractivity contribution in [2.75, 3.05) is 25.1 Å². The molecule has 5 heterocycles. The summed E-state index contributed by atoms with van der Waals surface area (Å²) in [5, 5.41) is 4.69. The van der Waals surface area contributed by atoms with E-state index in [0.29, 0.717) is 41.8 Å². The fourth-order valence-electron chi connectivity index (χ4n) is 5.30. The number of alkyl halides is 2. The second-order valence-corrected chi connectivity index (χ2v) is 9.91. The molecule has 1 saturated heterocycles. The van der Waals surface area contributed by atoms with Crippen molar-refractivity contribution in [1.82, 2.24) is 29.3 Å². The summed E-state index contributed by atoms with van der Waals surface area (Å²) in [7, 11) is 1.56. The van der Waals surface area contributed by atoms with Gasteiger partial charge < -0.3 is 14.2 Å². The predicted octanol–water partition coefficient (Wildman–Crippen LogP) is 5.14. The lowest BCUT2D eigenvalue weighted by molar-refractivity contribution is -0.0220. The lowest BCUT2D eigenvalue weighted by Gasteiger charge is -2.34.